The van der Waals surface area contributed by atoms with Crippen LogP contribution in [0.5, 0.6) is 0 Å². The van der Waals surface area contributed by atoms with E-state index in [1.54, 1.807) is 18.3 Å². The summed E-state index contributed by atoms with van der Waals surface area (Å²) < 4.78 is 0. The summed E-state index contributed by atoms with van der Waals surface area (Å²) in [6.07, 6.45) is 1.79. The second-order valence-electron chi connectivity index (χ2n) is 3.15. The normalized spacial score (nSPS) is 10.2. The van der Waals surface area contributed by atoms with Gasteiger partial charge in [-0.15, -0.1) is 0 Å². The first-order chi connectivity index (χ1) is 7.27. The molecule has 0 saturated carbocycles. The highest BCUT2D eigenvalue weighted by Crippen LogP contribution is 2.14. The van der Waals surface area contributed by atoms with Gasteiger partial charge in [0.25, 0.3) is 0 Å². The minimum atomic E-state index is 0.0181. The van der Waals surface area contributed by atoms with Gasteiger partial charge in [0.15, 0.2) is 5.78 Å². The first kappa shape index (κ1) is 9.93. The minimum Gasteiger partial charge on any atom is -0.294 e. The summed E-state index contributed by atoms with van der Waals surface area (Å²) >= 11 is 5.83. The number of carbonyl (C=O) groups is 1. The van der Waals surface area contributed by atoms with Gasteiger partial charge in [-0.2, -0.15) is 5.10 Å². The Balaban J connectivity index is 2.15. The van der Waals surface area contributed by atoms with Crippen molar-refractivity contribution in [3.05, 3.63) is 52.8 Å². The summed E-state index contributed by atoms with van der Waals surface area (Å²) in [5, 5.41) is 7.02. The fraction of sp³-hybridized carbons (Fsp3) is 0.0909. The summed E-state index contributed by atoms with van der Waals surface area (Å²) in [5.41, 5.74) is 1.27. The molecule has 4 heteroatoms. The standard InChI is InChI=1S/C11H9ClN2O/c12-9-7-13-14-10(9)6-11(15)8-4-2-1-3-5-8/h1-5,7H,6H2,(H,13,14). The van der Waals surface area contributed by atoms with E-state index in [0.717, 1.165) is 0 Å². The van der Waals surface area contributed by atoms with E-state index in [0.29, 0.717) is 16.3 Å². The summed E-state index contributed by atoms with van der Waals surface area (Å²) in [6.45, 7) is 0. The molecule has 2 rings (SSSR count). The number of hydrogen-bond donors (Lipinski definition) is 1. The molecule has 0 saturated heterocycles. The zero-order valence-electron chi connectivity index (χ0n) is 7.90. The molecule has 1 heterocycles. The van der Waals surface area contributed by atoms with Crippen molar-refractivity contribution in [3.63, 3.8) is 0 Å². The van der Waals surface area contributed by atoms with Crippen LogP contribution in [0, 0.1) is 0 Å². The monoisotopic (exact) mass is 220 g/mol. The van der Waals surface area contributed by atoms with Crippen LogP contribution in [0.4, 0.5) is 0 Å². The van der Waals surface area contributed by atoms with Crippen molar-refractivity contribution >= 4 is 17.4 Å². The van der Waals surface area contributed by atoms with E-state index in [1.165, 1.54) is 0 Å². The van der Waals surface area contributed by atoms with Crippen molar-refractivity contribution in [2.24, 2.45) is 0 Å². The Kier molecular flexibility index (Phi) is 2.83. The molecule has 0 radical (unpaired) electrons. The van der Waals surface area contributed by atoms with E-state index in [1.807, 2.05) is 18.2 Å². The summed E-state index contributed by atoms with van der Waals surface area (Å²) in [5.74, 6) is 0.0181. The van der Waals surface area contributed by atoms with Gasteiger partial charge in [0.05, 0.1) is 17.1 Å². The van der Waals surface area contributed by atoms with E-state index >= 15 is 0 Å². The van der Waals surface area contributed by atoms with Gasteiger partial charge in [-0.25, -0.2) is 0 Å². The molecular weight excluding hydrogens is 212 g/mol. The number of ketones is 1. The quantitative estimate of drug-likeness (QED) is 0.808. The summed E-state index contributed by atoms with van der Waals surface area (Å²) in [4.78, 5) is 11.8. The van der Waals surface area contributed by atoms with Crippen LogP contribution >= 0.6 is 11.6 Å². The Bertz CT molecular complexity index is 464. The highest BCUT2D eigenvalue weighted by molar-refractivity contribution is 6.31. The van der Waals surface area contributed by atoms with Crippen molar-refractivity contribution in [1.82, 2.24) is 10.2 Å². The molecule has 0 bridgehead atoms. The van der Waals surface area contributed by atoms with Crippen molar-refractivity contribution in [3.8, 4) is 0 Å². The topological polar surface area (TPSA) is 45.8 Å². The Labute approximate surface area is 92.1 Å². The molecule has 1 aromatic carbocycles. The van der Waals surface area contributed by atoms with Gasteiger partial charge in [-0.1, -0.05) is 41.9 Å². The maximum Gasteiger partial charge on any atom is 0.168 e. The largest absolute Gasteiger partial charge is 0.294 e. The molecule has 2 aromatic rings. The number of halogens is 1. The summed E-state index contributed by atoms with van der Waals surface area (Å²) in [7, 11) is 0. The van der Waals surface area contributed by atoms with Gasteiger partial charge in [0.1, 0.15) is 0 Å². The number of rotatable bonds is 3. The highest BCUT2D eigenvalue weighted by Gasteiger charge is 2.10. The number of nitrogens with one attached hydrogen (secondary N) is 1. The Morgan fingerprint density at radius 2 is 2.07 bits per heavy atom. The third-order valence-corrected chi connectivity index (χ3v) is 2.42. The van der Waals surface area contributed by atoms with Gasteiger partial charge in [-0.05, 0) is 0 Å². The number of hydrogen-bond acceptors (Lipinski definition) is 2. The first-order valence-corrected chi connectivity index (χ1v) is 4.91. The van der Waals surface area contributed by atoms with Crippen LogP contribution in [-0.4, -0.2) is 16.0 Å². The third kappa shape index (κ3) is 2.25. The number of nitrogens with zero attached hydrogens (tertiary/aromatic N) is 1. The lowest BCUT2D eigenvalue weighted by Crippen LogP contribution is -2.03. The molecule has 0 atom stereocenters. The van der Waals surface area contributed by atoms with Crippen LogP contribution in [0.1, 0.15) is 16.1 Å². The van der Waals surface area contributed by atoms with Crippen molar-refractivity contribution in [1.29, 1.82) is 0 Å². The van der Waals surface area contributed by atoms with Gasteiger partial charge >= 0.3 is 0 Å². The number of aromatic amines is 1. The SMILES string of the molecule is O=C(Cc1n[nH]cc1Cl)c1ccccc1. The lowest BCUT2D eigenvalue weighted by atomic mass is 10.1. The van der Waals surface area contributed by atoms with Gasteiger partial charge in [0.2, 0.25) is 0 Å². The average Bonchev–Trinajstić information content (AvgIpc) is 2.66. The second kappa shape index (κ2) is 4.28. The predicted octanol–water partition coefficient (Wildman–Crippen LogP) is 2.49. The zero-order chi connectivity index (χ0) is 10.7. The van der Waals surface area contributed by atoms with Crippen molar-refractivity contribution in [2.75, 3.05) is 0 Å². The van der Waals surface area contributed by atoms with Crippen molar-refractivity contribution in [2.45, 2.75) is 6.42 Å². The van der Waals surface area contributed by atoms with Crippen LogP contribution in [0.2, 0.25) is 5.02 Å². The van der Waals surface area contributed by atoms with Crippen LogP contribution in [0.3, 0.4) is 0 Å². The van der Waals surface area contributed by atoms with Crippen LogP contribution in [0.15, 0.2) is 36.5 Å². The molecule has 76 valence electrons. The van der Waals surface area contributed by atoms with E-state index in [2.05, 4.69) is 10.2 Å². The van der Waals surface area contributed by atoms with Gasteiger partial charge in [-0.3, -0.25) is 9.89 Å². The predicted molar refractivity (Wildman–Crippen MR) is 58.1 cm³/mol. The van der Waals surface area contributed by atoms with Crippen LogP contribution in [-0.2, 0) is 6.42 Å². The average molecular weight is 221 g/mol. The fourth-order valence-electron chi connectivity index (χ4n) is 1.31. The van der Waals surface area contributed by atoms with E-state index in [-0.39, 0.29) is 12.2 Å². The number of carbonyl (C=O) groups excluding carboxylic acids is 1. The number of aromatic nitrogens is 2. The van der Waals surface area contributed by atoms with Crippen LogP contribution in [0.25, 0.3) is 0 Å². The van der Waals surface area contributed by atoms with E-state index < -0.39 is 0 Å². The molecule has 0 amide bonds. The molecule has 3 nitrogen and oxygen atoms in total. The molecule has 0 spiro atoms. The molecule has 0 aliphatic carbocycles. The van der Waals surface area contributed by atoms with Gasteiger partial charge < -0.3 is 0 Å². The first-order valence-electron chi connectivity index (χ1n) is 4.54. The fourth-order valence-corrected chi connectivity index (χ4v) is 1.46. The Morgan fingerprint density at radius 1 is 1.33 bits per heavy atom. The maximum atomic E-state index is 11.8. The molecule has 0 aliphatic heterocycles. The number of benzene rings is 1. The van der Waals surface area contributed by atoms with Crippen LogP contribution < -0.4 is 0 Å². The second-order valence-corrected chi connectivity index (χ2v) is 3.55. The summed E-state index contributed by atoms with van der Waals surface area (Å²) in [6, 6.07) is 9.10. The van der Waals surface area contributed by atoms with E-state index in [9.17, 15) is 4.79 Å². The maximum absolute atomic E-state index is 11.8. The Morgan fingerprint density at radius 3 is 2.67 bits per heavy atom. The smallest absolute Gasteiger partial charge is 0.168 e. The molecule has 0 unspecified atom stereocenters. The molecule has 0 aliphatic rings. The molecule has 15 heavy (non-hydrogen) atoms. The minimum absolute atomic E-state index is 0.0181. The lowest BCUT2D eigenvalue weighted by Gasteiger charge is -1.98. The van der Waals surface area contributed by atoms with Crippen molar-refractivity contribution < 1.29 is 4.79 Å². The molecule has 0 fully saturated rings. The lowest BCUT2D eigenvalue weighted by molar-refractivity contribution is 0.0992. The molecular formula is C11H9ClN2O. The Hall–Kier alpha value is -1.61. The van der Waals surface area contributed by atoms with Gasteiger partial charge in [0, 0.05) is 11.8 Å². The molecule has 1 N–H and O–H groups in total. The zero-order valence-corrected chi connectivity index (χ0v) is 8.66. The number of Topliss-reactive ketones (excluding diaryl/α,β-unsaturated/α-hetero) is 1. The third-order valence-electron chi connectivity index (χ3n) is 2.09. The number of H-pyrrole nitrogens is 1. The molecule has 1 aromatic heterocycles. The highest BCUT2D eigenvalue weighted by atomic mass is 35.5. The van der Waals surface area contributed by atoms with E-state index in [4.69, 9.17) is 11.6 Å².